The lowest BCUT2D eigenvalue weighted by Crippen LogP contribution is -2.10. The Bertz CT molecular complexity index is 528. The first-order chi connectivity index (χ1) is 8.72. The van der Waals surface area contributed by atoms with Crippen molar-refractivity contribution in [1.82, 2.24) is 20.2 Å². The summed E-state index contributed by atoms with van der Waals surface area (Å²) in [5.74, 6) is 0.199. The zero-order chi connectivity index (χ0) is 13.0. The molecule has 1 heterocycles. The van der Waals surface area contributed by atoms with Crippen LogP contribution in [0, 0.1) is 5.82 Å². The first kappa shape index (κ1) is 12.8. The minimum absolute atomic E-state index is 0.0909. The highest BCUT2D eigenvalue weighted by molar-refractivity contribution is 6.31. The number of nitrogens with zero attached hydrogens (tertiary/aromatic N) is 4. The van der Waals surface area contributed by atoms with E-state index in [9.17, 15) is 4.39 Å². The van der Waals surface area contributed by atoms with Crippen LogP contribution in [0.4, 0.5) is 10.1 Å². The van der Waals surface area contributed by atoms with E-state index in [1.54, 1.807) is 16.8 Å². The summed E-state index contributed by atoms with van der Waals surface area (Å²) in [6.07, 6.45) is 0.934. The monoisotopic (exact) mass is 269 g/mol. The molecule has 2 rings (SSSR count). The van der Waals surface area contributed by atoms with E-state index in [0.717, 1.165) is 13.0 Å². The van der Waals surface area contributed by atoms with Gasteiger partial charge in [-0.1, -0.05) is 24.6 Å². The summed E-state index contributed by atoms with van der Waals surface area (Å²) in [5, 5.41) is 14.4. The van der Waals surface area contributed by atoms with Crippen LogP contribution in [0.3, 0.4) is 0 Å². The fraction of sp³-hybridized carbons (Fsp3) is 0.364. The number of nitrogens with one attached hydrogen (secondary N) is 1. The Morgan fingerprint density at radius 2 is 2.28 bits per heavy atom. The number of aromatic nitrogens is 4. The molecule has 1 aromatic heterocycles. The molecular weight excluding hydrogens is 257 g/mol. The average Bonchev–Trinajstić information content (AvgIpc) is 2.79. The van der Waals surface area contributed by atoms with Gasteiger partial charge in [0.05, 0.1) is 17.3 Å². The lowest BCUT2D eigenvalue weighted by Gasteiger charge is -2.08. The SMILES string of the molecule is CCCn1nnnc1CNc1cccc(Cl)c1F. The lowest BCUT2D eigenvalue weighted by molar-refractivity contribution is 0.558. The van der Waals surface area contributed by atoms with Gasteiger partial charge in [-0.2, -0.15) is 0 Å². The summed E-state index contributed by atoms with van der Waals surface area (Å²) in [5.41, 5.74) is 0.341. The van der Waals surface area contributed by atoms with Gasteiger partial charge >= 0.3 is 0 Å². The van der Waals surface area contributed by atoms with Crippen molar-refractivity contribution in [1.29, 1.82) is 0 Å². The number of halogens is 2. The quantitative estimate of drug-likeness (QED) is 0.906. The Morgan fingerprint density at radius 1 is 1.44 bits per heavy atom. The van der Waals surface area contributed by atoms with Crippen molar-refractivity contribution < 1.29 is 4.39 Å². The number of rotatable bonds is 5. The molecule has 0 bridgehead atoms. The Labute approximate surface area is 109 Å². The third-order valence-corrected chi connectivity index (χ3v) is 2.72. The van der Waals surface area contributed by atoms with Crippen molar-refractivity contribution >= 4 is 17.3 Å². The van der Waals surface area contributed by atoms with Crippen LogP contribution in [0.15, 0.2) is 18.2 Å². The summed E-state index contributed by atoms with van der Waals surface area (Å²) in [6.45, 7) is 3.13. The molecule has 7 heteroatoms. The van der Waals surface area contributed by atoms with Gasteiger partial charge in [-0.15, -0.1) is 5.10 Å². The number of benzene rings is 1. The molecule has 0 atom stereocenters. The molecular formula is C11H13ClFN5. The number of tetrazole rings is 1. The summed E-state index contributed by atoms with van der Waals surface area (Å²) in [7, 11) is 0. The first-order valence-electron chi connectivity index (χ1n) is 5.65. The van der Waals surface area contributed by atoms with Gasteiger partial charge in [0.1, 0.15) is 0 Å². The Hall–Kier alpha value is -1.69. The third kappa shape index (κ3) is 2.76. The molecule has 0 unspecified atom stereocenters. The van der Waals surface area contributed by atoms with E-state index in [1.165, 1.54) is 6.07 Å². The fourth-order valence-corrected chi connectivity index (χ4v) is 1.72. The van der Waals surface area contributed by atoms with Crippen LogP contribution < -0.4 is 5.32 Å². The van der Waals surface area contributed by atoms with Crippen LogP contribution in [-0.2, 0) is 13.1 Å². The van der Waals surface area contributed by atoms with Gasteiger partial charge in [0.15, 0.2) is 11.6 Å². The van der Waals surface area contributed by atoms with Crippen LogP contribution in [0.25, 0.3) is 0 Å². The second-order valence-electron chi connectivity index (χ2n) is 3.77. The van der Waals surface area contributed by atoms with Crippen LogP contribution in [0.5, 0.6) is 0 Å². The maximum absolute atomic E-state index is 13.6. The molecule has 0 radical (unpaired) electrons. The molecule has 0 aliphatic carbocycles. The van der Waals surface area contributed by atoms with E-state index in [0.29, 0.717) is 18.1 Å². The first-order valence-corrected chi connectivity index (χ1v) is 6.03. The summed E-state index contributed by atoms with van der Waals surface area (Å²) < 4.78 is 15.3. The Morgan fingerprint density at radius 3 is 3.06 bits per heavy atom. The van der Waals surface area contributed by atoms with E-state index in [1.807, 2.05) is 6.92 Å². The van der Waals surface area contributed by atoms with Gasteiger partial charge in [0.2, 0.25) is 0 Å². The second-order valence-corrected chi connectivity index (χ2v) is 4.18. The zero-order valence-corrected chi connectivity index (χ0v) is 10.7. The van der Waals surface area contributed by atoms with Gasteiger partial charge < -0.3 is 5.32 Å². The molecule has 0 aliphatic heterocycles. The van der Waals surface area contributed by atoms with Gasteiger partial charge in [0.25, 0.3) is 0 Å². The zero-order valence-electron chi connectivity index (χ0n) is 9.90. The molecule has 18 heavy (non-hydrogen) atoms. The molecule has 2 aromatic rings. The molecule has 0 aliphatic rings. The molecule has 96 valence electrons. The smallest absolute Gasteiger partial charge is 0.170 e. The number of hydrogen-bond acceptors (Lipinski definition) is 4. The van der Waals surface area contributed by atoms with Crippen LogP contribution in [0.2, 0.25) is 5.02 Å². The van der Waals surface area contributed by atoms with Crippen LogP contribution in [-0.4, -0.2) is 20.2 Å². The largest absolute Gasteiger partial charge is 0.375 e. The highest BCUT2D eigenvalue weighted by Crippen LogP contribution is 2.22. The highest BCUT2D eigenvalue weighted by atomic mass is 35.5. The predicted molar refractivity (Wildman–Crippen MR) is 66.8 cm³/mol. The van der Waals surface area contributed by atoms with E-state index < -0.39 is 5.82 Å². The van der Waals surface area contributed by atoms with Crippen LogP contribution in [0.1, 0.15) is 19.2 Å². The van der Waals surface area contributed by atoms with Crippen LogP contribution >= 0.6 is 11.6 Å². The molecule has 0 saturated carbocycles. The maximum atomic E-state index is 13.6. The lowest BCUT2D eigenvalue weighted by atomic mass is 10.3. The standard InChI is InChI=1S/C11H13ClFN5/c1-2-6-18-10(15-16-17-18)7-14-9-5-3-4-8(12)11(9)13/h3-5,14H,2,6-7H2,1H3. The third-order valence-electron chi connectivity index (χ3n) is 2.43. The van der Waals surface area contributed by atoms with Crippen molar-refractivity contribution in [2.24, 2.45) is 0 Å². The van der Waals surface area contributed by atoms with Gasteiger partial charge in [-0.05, 0) is 29.0 Å². The van der Waals surface area contributed by atoms with Crippen molar-refractivity contribution in [3.05, 3.63) is 34.9 Å². The van der Waals surface area contributed by atoms with Gasteiger partial charge in [-0.3, -0.25) is 0 Å². The molecule has 1 N–H and O–H groups in total. The average molecular weight is 270 g/mol. The molecule has 0 amide bonds. The number of aryl methyl sites for hydroxylation is 1. The van der Waals surface area contributed by atoms with Gasteiger partial charge in [0, 0.05) is 6.54 Å². The Balaban J connectivity index is 2.07. The molecule has 0 fully saturated rings. The van der Waals surface area contributed by atoms with Crippen molar-refractivity contribution in [3.8, 4) is 0 Å². The minimum atomic E-state index is -0.464. The van der Waals surface area contributed by atoms with E-state index >= 15 is 0 Å². The minimum Gasteiger partial charge on any atom is -0.375 e. The van der Waals surface area contributed by atoms with Gasteiger partial charge in [-0.25, -0.2) is 9.07 Å². The van der Waals surface area contributed by atoms with E-state index in [-0.39, 0.29) is 5.02 Å². The second kappa shape index (κ2) is 5.77. The van der Waals surface area contributed by atoms with Crippen molar-refractivity contribution in [3.63, 3.8) is 0 Å². The number of anilines is 1. The normalized spacial score (nSPS) is 10.6. The topological polar surface area (TPSA) is 55.6 Å². The number of hydrogen-bond donors (Lipinski definition) is 1. The molecule has 1 aromatic carbocycles. The maximum Gasteiger partial charge on any atom is 0.170 e. The fourth-order valence-electron chi connectivity index (χ4n) is 1.55. The molecule has 0 spiro atoms. The predicted octanol–water partition coefficient (Wildman–Crippen LogP) is 2.49. The van der Waals surface area contributed by atoms with Crippen molar-refractivity contribution in [2.45, 2.75) is 26.4 Å². The molecule has 5 nitrogen and oxygen atoms in total. The summed E-state index contributed by atoms with van der Waals surface area (Å²) >= 11 is 5.69. The molecule has 0 saturated heterocycles. The summed E-state index contributed by atoms with van der Waals surface area (Å²) in [6, 6.07) is 4.81. The van der Waals surface area contributed by atoms with Crippen molar-refractivity contribution in [2.75, 3.05) is 5.32 Å². The van der Waals surface area contributed by atoms with E-state index in [4.69, 9.17) is 11.6 Å². The highest BCUT2D eigenvalue weighted by Gasteiger charge is 2.08. The Kier molecular flexibility index (Phi) is 4.09. The summed E-state index contributed by atoms with van der Waals surface area (Å²) in [4.78, 5) is 0. The van der Waals surface area contributed by atoms with E-state index in [2.05, 4.69) is 20.8 Å².